The average Bonchev–Trinajstić information content (AvgIpc) is 3.06. The first-order valence-corrected chi connectivity index (χ1v) is 9.29. The summed E-state index contributed by atoms with van der Waals surface area (Å²) in [5.41, 5.74) is 0. The van der Waals surface area contributed by atoms with Crippen LogP contribution in [0.1, 0.15) is 49.9 Å². The standard InChI is InChI=1S/C15H25NS2/c1-2-17-11-6-10-16-15(13-7-3-4-8-13)14-9-5-12-18-14/h5,9,12-13,15-16H,2-4,6-8,10-11H2,1H3. The lowest BCUT2D eigenvalue weighted by Crippen LogP contribution is -2.27. The second-order valence-corrected chi connectivity index (χ2v) is 7.42. The summed E-state index contributed by atoms with van der Waals surface area (Å²) in [7, 11) is 0. The van der Waals surface area contributed by atoms with E-state index in [0.29, 0.717) is 6.04 Å². The van der Waals surface area contributed by atoms with Gasteiger partial charge in [0, 0.05) is 10.9 Å². The molecule has 0 saturated heterocycles. The molecule has 2 rings (SSSR count). The quantitative estimate of drug-likeness (QED) is 0.693. The molecule has 0 aliphatic heterocycles. The lowest BCUT2D eigenvalue weighted by Gasteiger charge is -2.23. The molecule has 1 nitrogen and oxygen atoms in total. The fourth-order valence-electron chi connectivity index (χ4n) is 2.83. The van der Waals surface area contributed by atoms with E-state index in [1.165, 1.54) is 50.2 Å². The van der Waals surface area contributed by atoms with Crippen molar-refractivity contribution in [2.45, 2.75) is 45.1 Å². The Morgan fingerprint density at radius 3 is 2.94 bits per heavy atom. The van der Waals surface area contributed by atoms with E-state index in [0.717, 1.165) is 5.92 Å². The van der Waals surface area contributed by atoms with Crippen LogP contribution in [0.2, 0.25) is 0 Å². The van der Waals surface area contributed by atoms with Gasteiger partial charge in [-0.05, 0) is 54.7 Å². The first-order valence-electron chi connectivity index (χ1n) is 7.26. The van der Waals surface area contributed by atoms with Gasteiger partial charge in [-0.1, -0.05) is 25.8 Å². The molecule has 0 bridgehead atoms. The van der Waals surface area contributed by atoms with E-state index in [1.54, 1.807) is 4.88 Å². The van der Waals surface area contributed by atoms with Gasteiger partial charge in [0.2, 0.25) is 0 Å². The van der Waals surface area contributed by atoms with Gasteiger partial charge in [0.1, 0.15) is 0 Å². The van der Waals surface area contributed by atoms with E-state index in [-0.39, 0.29) is 0 Å². The zero-order valence-corrected chi connectivity index (χ0v) is 13.0. The van der Waals surface area contributed by atoms with Crippen molar-refractivity contribution < 1.29 is 0 Å². The Morgan fingerprint density at radius 2 is 2.28 bits per heavy atom. The number of hydrogen-bond acceptors (Lipinski definition) is 3. The Balaban J connectivity index is 1.81. The number of hydrogen-bond donors (Lipinski definition) is 1. The Kier molecular flexibility index (Phi) is 6.60. The van der Waals surface area contributed by atoms with Crippen LogP contribution >= 0.6 is 23.1 Å². The van der Waals surface area contributed by atoms with Crippen molar-refractivity contribution in [2.24, 2.45) is 5.92 Å². The highest BCUT2D eigenvalue weighted by molar-refractivity contribution is 7.99. The molecule has 3 heteroatoms. The Hall–Kier alpha value is 0.01000. The van der Waals surface area contributed by atoms with Gasteiger partial charge >= 0.3 is 0 Å². The fourth-order valence-corrected chi connectivity index (χ4v) is 4.37. The van der Waals surface area contributed by atoms with Crippen LogP contribution in [0.25, 0.3) is 0 Å². The molecule has 1 aromatic rings. The molecule has 1 aliphatic carbocycles. The van der Waals surface area contributed by atoms with Gasteiger partial charge < -0.3 is 5.32 Å². The third-order valence-electron chi connectivity index (χ3n) is 3.75. The van der Waals surface area contributed by atoms with Crippen LogP contribution in [0.4, 0.5) is 0 Å². The van der Waals surface area contributed by atoms with Gasteiger partial charge in [0.25, 0.3) is 0 Å². The molecule has 0 aromatic carbocycles. The van der Waals surface area contributed by atoms with Crippen molar-refractivity contribution in [3.63, 3.8) is 0 Å². The summed E-state index contributed by atoms with van der Waals surface area (Å²) in [4.78, 5) is 1.55. The van der Waals surface area contributed by atoms with E-state index < -0.39 is 0 Å². The van der Waals surface area contributed by atoms with Crippen LogP contribution in [0.5, 0.6) is 0 Å². The maximum Gasteiger partial charge on any atom is 0.0443 e. The second kappa shape index (κ2) is 8.23. The molecule has 1 N–H and O–H groups in total. The van der Waals surface area contributed by atoms with Gasteiger partial charge in [0.15, 0.2) is 0 Å². The average molecular weight is 284 g/mol. The predicted octanol–water partition coefficient (Wildman–Crippen LogP) is 4.71. The van der Waals surface area contributed by atoms with E-state index in [4.69, 9.17) is 0 Å². The maximum absolute atomic E-state index is 3.82. The summed E-state index contributed by atoms with van der Waals surface area (Å²) in [6.07, 6.45) is 6.99. The van der Waals surface area contributed by atoms with Crippen molar-refractivity contribution in [2.75, 3.05) is 18.1 Å². The lowest BCUT2D eigenvalue weighted by atomic mass is 9.96. The minimum atomic E-state index is 0.624. The number of thiophene rings is 1. The van der Waals surface area contributed by atoms with E-state index in [1.807, 2.05) is 11.3 Å². The van der Waals surface area contributed by atoms with E-state index in [2.05, 4.69) is 41.5 Å². The van der Waals surface area contributed by atoms with Gasteiger partial charge in [-0.2, -0.15) is 11.8 Å². The lowest BCUT2D eigenvalue weighted by molar-refractivity contribution is 0.373. The summed E-state index contributed by atoms with van der Waals surface area (Å²) in [5, 5.41) is 6.03. The van der Waals surface area contributed by atoms with E-state index >= 15 is 0 Å². The summed E-state index contributed by atoms with van der Waals surface area (Å²) >= 11 is 3.97. The molecule has 0 amide bonds. The molecule has 0 radical (unpaired) electrons. The second-order valence-electron chi connectivity index (χ2n) is 5.04. The molecule has 18 heavy (non-hydrogen) atoms. The van der Waals surface area contributed by atoms with Gasteiger partial charge in [-0.25, -0.2) is 0 Å². The third-order valence-corrected chi connectivity index (χ3v) is 5.70. The van der Waals surface area contributed by atoms with Crippen LogP contribution < -0.4 is 5.32 Å². The Labute approximate surface area is 120 Å². The van der Waals surface area contributed by atoms with Gasteiger partial charge in [-0.3, -0.25) is 0 Å². The summed E-state index contributed by atoms with van der Waals surface area (Å²) in [6.45, 7) is 3.41. The minimum absolute atomic E-state index is 0.624. The smallest absolute Gasteiger partial charge is 0.0443 e. The molecule has 102 valence electrons. The monoisotopic (exact) mass is 283 g/mol. The van der Waals surface area contributed by atoms with Gasteiger partial charge in [-0.15, -0.1) is 11.3 Å². The van der Waals surface area contributed by atoms with Crippen molar-refractivity contribution >= 4 is 23.1 Å². The molecular weight excluding hydrogens is 258 g/mol. The van der Waals surface area contributed by atoms with E-state index in [9.17, 15) is 0 Å². The first-order chi connectivity index (χ1) is 8.92. The summed E-state index contributed by atoms with van der Waals surface area (Å²) in [5.74, 6) is 3.42. The minimum Gasteiger partial charge on any atom is -0.309 e. The highest BCUT2D eigenvalue weighted by atomic mass is 32.2. The topological polar surface area (TPSA) is 12.0 Å². The number of thioether (sulfide) groups is 1. The summed E-state index contributed by atoms with van der Waals surface area (Å²) < 4.78 is 0. The van der Waals surface area contributed by atoms with Crippen molar-refractivity contribution in [3.8, 4) is 0 Å². The molecule has 1 aromatic heterocycles. The van der Waals surface area contributed by atoms with Crippen LogP contribution in [0.15, 0.2) is 17.5 Å². The number of rotatable bonds is 8. The highest BCUT2D eigenvalue weighted by Gasteiger charge is 2.26. The van der Waals surface area contributed by atoms with Crippen LogP contribution in [0.3, 0.4) is 0 Å². The van der Waals surface area contributed by atoms with Crippen LogP contribution in [0, 0.1) is 5.92 Å². The molecule has 1 unspecified atom stereocenters. The number of nitrogens with one attached hydrogen (secondary N) is 1. The summed E-state index contributed by atoms with van der Waals surface area (Å²) in [6, 6.07) is 5.12. The zero-order chi connectivity index (χ0) is 12.6. The highest BCUT2D eigenvalue weighted by Crippen LogP contribution is 2.37. The van der Waals surface area contributed by atoms with Crippen molar-refractivity contribution in [1.82, 2.24) is 5.32 Å². The molecule has 1 fully saturated rings. The Morgan fingerprint density at radius 1 is 1.44 bits per heavy atom. The van der Waals surface area contributed by atoms with Gasteiger partial charge in [0.05, 0.1) is 0 Å². The largest absolute Gasteiger partial charge is 0.309 e. The normalized spacial score (nSPS) is 18.3. The SMILES string of the molecule is CCSCCCNC(c1cccs1)C1CCCC1. The maximum atomic E-state index is 3.82. The molecular formula is C15H25NS2. The Bertz CT molecular complexity index is 304. The molecule has 1 atom stereocenters. The first kappa shape index (κ1) is 14.4. The zero-order valence-electron chi connectivity index (χ0n) is 11.4. The molecule has 0 spiro atoms. The molecule has 1 saturated carbocycles. The van der Waals surface area contributed by atoms with Crippen LogP contribution in [-0.2, 0) is 0 Å². The fraction of sp³-hybridized carbons (Fsp3) is 0.733. The van der Waals surface area contributed by atoms with Crippen LogP contribution in [-0.4, -0.2) is 18.1 Å². The van der Waals surface area contributed by atoms with Crippen molar-refractivity contribution in [3.05, 3.63) is 22.4 Å². The molecule has 1 heterocycles. The molecule has 1 aliphatic rings. The predicted molar refractivity (Wildman–Crippen MR) is 84.6 cm³/mol. The van der Waals surface area contributed by atoms with Crippen molar-refractivity contribution in [1.29, 1.82) is 0 Å². The third kappa shape index (κ3) is 4.29.